The number of aryl methyl sites for hydroxylation is 1. The van der Waals surface area contributed by atoms with Crippen molar-refractivity contribution in [1.82, 2.24) is 5.32 Å². The van der Waals surface area contributed by atoms with Gasteiger partial charge in [0.15, 0.2) is 5.84 Å². The summed E-state index contributed by atoms with van der Waals surface area (Å²) in [6.45, 7) is 3.55. The van der Waals surface area contributed by atoms with E-state index < -0.39 is 5.41 Å². The van der Waals surface area contributed by atoms with Crippen molar-refractivity contribution in [3.05, 3.63) is 35.4 Å². The lowest BCUT2D eigenvalue weighted by molar-refractivity contribution is -0.128. The average molecular weight is 289 g/mol. The first kappa shape index (κ1) is 15.4. The Morgan fingerprint density at radius 2 is 2.24 bits per heavy atom. The molecule has 1 aliphatic rings. The van der Waals surface area contributed by atoms with Gasteiger partial charge in [-0.15, -0.1) is 0 Å². The fourth-order valence-corrected chi connectivity index (χ4v) is 2.79. The third-order valence-electron chi connectivity index (χ3n) is 4.56. The molecule has 0 spiro atoms. The zero-order valence-corrected chi connectivity index (χ0v) is 12.6. The monoisotopic (exact) mass is 289 g/mol. The molecule has 114 valence electrons. The molecule has 0 saturated heterocycles. The van der Waals surface area contributed by atoms with Gasteiger partial charge in [-0.25, -0.2) is 0 Å². The van der Waals surface area contributed by atoms with Crippen LogP contribution in [0, 0.1) is 5.41 Å². The Morgan fingerprint density at radius 3 is 2.90 bits per heavy atom. The molecule has 0 saturated carbocycles. The van der Waals surface area contributed by atoms with Gasteiger partial charge in [-0.05, 0) is 43.7 Å². The summed E-state index contributed by atoms with van der Waals surface area (Å²) in [6, 6.07) is 8.18. The maximum absolute atomic E-state index is 12.6. The highest BCUT2D eigenvalue weighted by Crippen LogP contribution is 2.31. The van der Waals surface area contributed by atoms with E-state index in [2.05, 4.69) is 22.6 Å². The van der Waals surface area contributed by atoms with Crippen LogP contribution in [0.1, 0.15) is 50.3 Å². The van der Waals surface area contributed by atoms with E-state index in [-0.39, 0.29) is 17.8 Å². The van der Waals surface area contributed by atoms with Crippen molar-refractivity contribution in [2.75, 3.05) is 0 Å². The summed E-state index contributed by atoms with van der Waals surface area (Å²) in [5.41, 5.74) is 7.18. The zero-order valence-electron chi connectivity index (χ0n) is 12.6. The lowest BCUT2D eigenvalue weighted by Gasteiger charge is -2.31. The number of benzene rings is 1. The Hall–Kier alpha value is -2.04. The molecule has 5 nitrogen and oxygen atoms in total. The van der Waals surface area contributed by atoms with Gasteiger partial charge in [-0.2, -0.15) is 0 Å². The summed E-state index contributed by atoms with van der Waals surface area (Å²) < 4.78 is 0. The maximum Gasteiger partial charge on any atom is 0.234 e. The third-order valence-corrected chi connectivity index (χ3v) is 4.56. The summed E-state index contributed by atoms with van der Waals surface area (Å²) >= 11 is 0. The van der Waals surface area contributed by atoms with Gasteiger partial charge in [0.25, 0.3) is 0 Å². The summed E-state index contributed by atoms with van der Waals surface area (Å²) in [6.07, 6.45) is 3.49. The molecule has 0 fully saturated rings. The van der Waals surface area contributed by atoms with Crippen molar-refractivity contribution in [2.45, 2.75) is 45.6 Å². The molecule has 2 unspecified atom stereocenters. The molecule has 1 amide bonds. The van der Waals surface area contributed by atoms with Crippen LogP contribution in [0.25, 0.3) is 0 Å². The van der Waals surface area contributed by atoms with Crippen LogP contribution in [-0.4, -0.2) is 17.0 Å². The lowest BCUT2D eigenvalue weighted by atomic mass is 9.83. The minimum atomic E-state index is -0.985. The second-order valence-corrected chi connectivity index (χ2v) is 5.79. The Labute approximate surface area is 125 Å². The lowest BCUT2D eigenvalue weighted by Crippen LogP contribution is -2.48. The van der Waals surface area contributed by atoms with E-state index in [0.717, 1.165) is 19.3 Å². The molecule has 0 aliphatic heterocycles. The van der Waals surface area contributed by atoms with E-state index in [1.807, 2.05) is 19.1 Å². The second-order valence-electron chi connectivity index (χ2n) is 5.79. The summed E-state index contributed by atoms with van der Waals surface area (Å²) in [7, 11) is 0. The van der Waals surface area contributed by atoms with Crippen molar-refractivity contribution in [1.29, 1.82) is 0 Å². The van der Waals surface area contributed by atoms with Gasteiger partial charge in [0.2, 0.25) is 5.91 Å². The highest BCUT2D eigenvalue weighted by molar-refractivity contribution is 6.06. The molecule has 0 aromatic heterocycles. The number of carbonyl (C=O) groups is 1. The molecule has 1 aliphatic carbocycles. The Kier molecular flexibility index (Phi) is 4.50. The molecule has 0 bridgehead atoms. The standard InChI is InChI=1S/C16H23N3O2/c1-3-16(2,14(17)19-21)15(20)18-13-10-6-8-11-7-4-5-9-12(11)13/h4-5,7,9,13,21H,3,6,8,10H2,1-2H3,(H2,17,19)(H,18,20). The first-order valence-corrected chi connectivity index (χ1v) is 7.39. The van der Waals surface area contributed by atoms with E-state index in [9.17, 15) is 4.79 Å². The van der Waals surface area contributed by atoms with Gasteiger partial charge < -0.3 is 16.3 Å². The van der Waals surface area contributed by atoms with Crippen LogP contribution in [0.4, 0.5) is 0 Å². The van der Waals surface area contributed by atoms with E-state index in [0.29, 0.717) is 6.42 Å². The number of nitrogens with zero attached hydrogens (tertiary/aromatic N) is 1. The van der Waals surface area contributed by atoms with Crippen molar-refractivity contribution >= 4 is 11.7 Å². The van der Waals surface area contributed by atoms with Crippen LogP contribution in [0.5, 0.6) is 0 Å². The topological polar surface area (TPSA) is 87.7 Å². The van der Waals surface area contributed by atoms with E-state index >= 15 is 0 Å². The van der Waals surface area contributed by atoms with E-state index in [4.69, 9.17) is 10.9 Å². The van der Waals surface area contributed by atoms with Crippen LogP contribution >= 0.6 is 0 Å². The number of rotatable bonds is 4. The van der Waals surface area contributed by atoms with Gasteiger partial charge in [0.1, 0.15) is 5.41 Å². The summed E-state index contributed by atoms with van der Waals surface area (Å²) in [5, 5.41) is 15.0. The predicted molar refractivity (Wildman–Crippen MR) is 82.1 cm³/mol. The molecular weight excluding hydrogens is 266 g/mol. The molecule has 4 N–H and O–H groups in total. The van der Waals surface area contributed by atoms with Crippen LogP contribution in [-0.2, 0) is 11.2 Å². The van der Waals surface area contributed by atoms with Crippen molar-refractivity contribution in [2.24, 2.45) is 16.3 Å². The smallest absolute Gasteiger partial charge is 0.234 e. The van der Waals surface area contributed by atoms with Crippen molar-refractivity contribution in [3.63, 3.8) is 0 Å². The molecule has 5 heteroatoms. The molecule has 1 aromatic carbocycles. The molecular formula is C16H23N3O2. The number of oxime groups is 1. The number of amides is 1. The maximum atomic E-state index is 12.6. The molecule has 2 rings (SSSR count). The first-order chi connectivity index (χ1) is 10.0. The normalized spacial score (nSPS) is 21.2. The van der Waals surface area contributed by atoms with Crippen LogP contribution in [0.3, 0.4) is 0 Å². The Morgan fingerprint density at radius 1 is 1.52 bits per heavy atom. The summed E-state index contributed by atoms with van der Waals surface area (Å²) in [4.78, 5) is 12.6. The van der Waals surface area contributed by atoms with Crippen molar-refractivity contribution < 1.29 is 10.0 Å². The minimum absolute atomic E-state index is 0.000169. The highest BCUT2D eigenvalue weighted by Gasteiger charge is 2.38. The molecule has 0 radical (unpaired) electrons. The number of nitrogens with one attached hydrogen (secondary N) is 1. The van der Waals surface area contributed by atoms with Gasteiger partial charge in [0.05, 0.1) is 6.04 Å². The second kappa shape index (κ2) is 6.16. The molecule has 1 aromatic rings. The number of nitrogens with two attached hydrogens (primary N) is 1. The molecule has 21 heavy (non-hydrogen) atoms. The SMILES string of the molecule is CCC(C)(C(=O)NC1CCCc2ccccc21)/C(N)=N/O. The van der Waals surface area contributed by atoms with Crippen LogP contribution in [0.2, 0.25) is 0 Å². The number of fused-ring (bicyclic) bond motifs is 1. The number of hydrogen-bond acceptors (Lipinski definition) is 3. The van der Waals surface area contributed by atoms with Crippen LogP contribution < -0.4 is 11.1 Å². The van der Waals surface area contributed by atoms with E-state index in [1.165, 1.54) is 11.1 Å². The number of amidine groups is 1. The average Bonchev–Trinajstić information content (AvgIpc) is 2.53. The number of carbonyl (C=O) groups excluding carboxylic acids is 1. The highest BCUT2D eigenvalue weighted by atomic mass is 16.4. The van der Waals surface area contributed by atoms with Crippen molar-refractivity contribution in [3.8, 4) is 0 Å². The predicted octanol–water partition coefficient (Wildman–Crippen LogP) is 2.34. The van der Waals surface area contributed by atoms with E-state index in [1.54, 1.807) is 6.92 Å². The fourth-order valence-electron chi connectivity index (χ4n) is 2.79. The molecule has 2 atom stereocenters. The fraction of sp³-hybridized carbons (Fsp3) is 0.500. The molecule has 0 heterocycles. The third kappa shape index (κ3) is 2.86. The summed E-state index contributed by atoms with van der Waals surface area (Å²) in [5.74, 6) is -0.242. The largest absolute Gasteiger partial charge is 0.409 e. The Bertz CT molecular complexity index is 556. The van der Waals surface area contributed by atoms with Gasteiger partial charge in [-0.3, -0.25) is 4.79 Å². The van der Waals surface area contributed by atoms with Gasteiger partial charge in [-0.1, -0.05) is 36.3 Å². The van der Waals surface area contributed by atoms with Crippen LogP contribution in [0.15, 0.2) is 29.4 Å². The van der Waals surface area contributed by atoms with Gasteiger partial charge in [0, 0.05) is 0 Å². The van der Waals surface area contributed by atoms with Gasteiger partial charge >= 0.3 is 0 Å². The first-order valence-electron chi connectivity index (χ1n) is 7.39. The minimum Gasteiger partial charge on any atom is -0.409 e. The number of hydrogen-bond donors (Lipinski definition) is 3. The zero-order chi connectivity index (χ0) is 15.5. The Balaban J connectivity index is 2.21. The quantitative estimate of drug-likeness (QED) is 0.344.